The molecule has 1 unspecified atom stereocenters. The fourth-order valence-corrected chi connectivity index (χ4v) is 1.91. The van der Waals surface area contributed by atoms with E-state index in [-0.39, 0.29) is 0 Å². The van der Waals surface area contributed by atoms with Crippen LogP contribution in [0.15, 0.2) is 18.2 Å². The summed E-state index contributed by atoms with van der Waals surface area (Å²) >= 11 is 0. The molecule has 0 saturated heterocycles. The van der Waals surface area contributed by atoms with Crippen LogP contribution in [0.3, 0.4) is 0 Å². The summed E-state index contributed by atoms with van der Waals surface area (Å²) in [5, 5.41) is 3.38. The summed E-state index contributed by atoms with van der Waals surface area (Å²) in [6, 6.07) is 6.14. The second-order valence-corrected chi connectivity index (χ2v) is 3.68. The summed E-state index contributed by atoms with van der Waals surface area (Å²) in [6.07, 6.45) is 1.05. The van der Waals surface area contributed by atoms with Crippen LogP contribution in [0.1, 0.15) is 5.56 Å². The number of fused-ring (bicyclic) bond motifs is 1. The fourth-order valence-electron chi connectivity index (χ4n) is 1.91. The van der Waals surface area contributed by atoms with E-state index < -0.39 is 0 Å². The van der Waals surface area contributed by atoms with E-state index in [9.17, 15) is 0 Å². The summed E-state index contributed by atoms with van der Waals surface area (Å²) < 4.78 is 5.29. The van der Waals surface area contributed by atoms with E-state index in [2.05, 4.69) is 11.4 Å². The molecule has 0 radical (unpaired) electrons. The number of hydrogen-bond donors (Lipinski definition) is 2. The Hall–Kier alpha value is -1.22. The smallest absolute Gasteiger partial charge is 0.142 e. The summed E-state index contributed by atoms with van der Waals surface area (Å²) in [6.45, 7) is 1.69. The molecule has 1 aliphatic heterocycles. The van der Waals surface area contributed by atoms with Crippen LogP contribution >= 0.6 is 0 Å². The highest BCUT2D eigenvalue weighted by Crippen LogP contribution is 2.32. The second-order valence-electron chi connectivity index (χ2n) is 3.68. The highest BCUT2D eigenvalue weighted by Gasteiger charge is 2.19. The van der Waals surface area contributed by atoms with Gasteiger partial charge in [0, 0.05) is 6.54 Å². The first-order valence-corrected chi connectivity index (χ1v) is 4.95. The van der Waals surface area contributed by atoms with Crippen molar-refractivity contribution in [1.82, 2.24) is 0 Å². The van der Waals surface area contributed by atoms with E-state index in [1.807, 2.05) is 12.1 Å². The summed E-state index contributed by atoms with van der Waals surface area (Å²) in [7, 11) is 1.70. The van der Waals surface area contributed by atoms with Gasteiger partial charge in [0.25, 0.3) is 0 Å². The second kappa shape index (κ2) is 3.88. The third-order valence-electron chi connectivity index (χ3n) is 2.74. The highest BCUT2D eigenvalue weighted by atomic mass is 16.5. The standard InChI is InChI=1S/C11H16N2O/c1-14-10-4-2-3-9-5-8(6-12)7-13-11(9)10/h2-4,8,13H,5-7,12H2,1H3. The van der Waals surface area contributed by atoms with Gasteiger partial charge in [-0.1, -0.05) is 12.1 Å². The molecule has 0 spiro atoms. The number of anilines is 1. The molecule has 0 bridgehead atoms. The lowest BCUT2D eigenvalue weighted by Gasteiger charge is -2.26. The number of para-hydroxylation sites is 1. The molecular formula is C11H16N2O. The zero-order valence-corrected chi connectivity index (χ0v) is 8.42. The normalized spacial score (nSPS) is 19.7. The molecule has 3 nitrogen and oxygen atoms in total. The van der Waals surface area contributed by atoms with E-state index in [0.29, 0.717) is 5.92 Å². The molecule has 0 fully saturated rings. The van der Waals surface area contributed by atoms with Gasteiger partial charge in [-0.15, -0.1) is 0 Å². The van der Waals surface area contributed by atoms with Crippen molar-refractivity contribution in [3.63, 3.8) is 0 Å². The van der Waals surface area contributed by atoms with Crippen molar-refractivity contribution in [2.45, 2.75) is 6.42 Å². The molecule has 0 aliphatic carbocycles. The van der Waals surface area contributed by atoms with E-state index in [1.165, 1.54) is 5.56 Å². The van der Waals surface area contributed by atoms with Gasteiger partial charge in [-0.3, -0.25) is 0 Å². The number of nitrogens with one attached hydrogen (secondary N) is 1. The molecular weight excluding hydrogens is 176 g/mol. The predicted molar refractivity (Wildman–Crippen MR) is 57.7 cm³/mol. The molecule has 76 valence electrons. The average molecular weight is 192 g/mol. The minimum absolute atomic E-state index is 0.551. The molecule has 2 rings (SSSR count). The lowest BCUT2D eigenvalue weighted by atomic mass is 9.94. The van der Waals surface area contributed by atoms with Gasteiger partial charge in [-0.05, 0) is 30.5 Å². The van der Waals surface area contributed by atoms with Gasteiger partial charge in [0.2, 0.25) is 0 Å². The van der Waals surface area contributed by atoms with Gasteiger partial charge >= 0.3 is 0 Å². The minimum Gasteiger partial charge on any atom is -0.495 e. The van der Waals surface area contributed by atoms with Crippen molar-refractivity contribution in [2.75, 3.05) is 25.5 Å². The zero-order valence-electron chi connectivity index (χ0n) is 8.42. The molecule has 0 amide bonds. The van der Waals surface area contributed by atoms with Gasteiger partial charge in [0.05, 0.1) is 12.8 Å². The first-order valence-electron chi connectivity index (χ1n) is 4.95. The molecule has 3 N–H and O–H groups in total. The van der Waals surface area contributed by atoms with Crippen LogP contribution in [-0.2, 0) is 6.42 Å². The van der Waals surface area contributed by atoms with Gasteiger partial charge < -0.3 is 15.8 Å². The molecule has 1 atom stereocenters. The van der Waals surface area contributed by atoms with Gasteiger partial charge in [-0.2, -0.15) is 0 Å². The maximum atomic E-state index is 5.66. The van der Waals surface area contributed by atoms with Crippen LogP contribution in [0, 0.1) is 5.92 Å². The van der Waals surface area contributed by atoms with Crippen molar-refractivity contribution in [3.8, 4) is 5.75 Å². The van der Waals surface area contributed by atoms with Crippen molar-refractivity contribution >= 4 is 5.69 Å². The van der Waals surface area contributed by atoms with Crippen LogP contribution in [0.25, 0.3) is 0 Å². The van der Waals surface area contributed by atoms with Crippen LogP contribution < -0.4 is 15.8 Å². The SMILES string of the molecule is COc1cccc2c1NCC(CN)C2. The maximum absolute atomic E-state index is 5.66. The Morgan fingerprint density at radius 2 is 2.43 bits per heavy atom. The minimum atomic E-state index is 0.551. The Kier molecular flexibility index (Phi) is 2.59. The van der Waals surface area contributed by atoms with Gasteiger partial charge in [0.1, 0.15) is 5.75 Å². The third-order valence-corrected chi connectivity index (χ3v) is 2.74. The zero-order chi connectivity index (χ0) is 9.97. The monoisotopic (exact) mass is 192 g/mol. The Bertz CT molecular complexity index is 325. The number of nitrogens with two attached hydrogens (primary N) is 1. The quantitative estimate of drug-likeness (QED) is 0.741. The van der Waals surface area contributed by atoms with Crippen molar-refractivity contribution in [2.24, 2.45) is 11.7 Å². The number of methoxy groups -OCH3 is 1. The largest absolute Gasteiger partial charge is 0.495 e. The number of rotatable bonds is 2. The molecule has 0 aromatic heterocycles. The fraction of sp³-hybridized carbons (Fsp3) is 0.455. The Morgan fingerprint density at radius 1 is 1.57 bits per heavy atom. The van der Waals surface area contributed by atoms with Crippen molar-refractivity contribution < 1.29 is 4.74 Å². The topological polar surface area (TPSA) is 47.3 Å². The molecule has 1 aliphatic rings. The van der Waals surface area contributed by atoms with Crippen LogP contribution in [0.2, 0.25) is 0 Å². The lowest BCUT2D eigenvalue weighted by Crippen LogP contribution is -2.29. The third kappa shape index (κ3) is 1.55. The summed E-state index contributed by atoms with van der Waals surface area (Å²) in [5.41, 5.74) is 8.11. The molecule has 14 heavy (non-hydrogen) atoms. The van der Waals surface area contributed by atoms with E-state index in [4.69, 9.17) is 10.5 Å². The first kappa shape index (κ1) is 9.34. The predicted octanol–water partition coefficient (Wildman–Crippen LogP) is 1.24. The van der Waals surface area contributed by atoms with Crippen molar-refractivity contribution in [3.05, 3.63) is 23.8 Å². The van der Waals surface area contributed by atoms with Gasteiger partial charge in [0.15, 0.2) is 0 Å². The molecule has 1 aromatic carbocycles. The summed E-state index contributed by atoms with van der Waals surface area (Å²) in [5.74, 6) is 1.48. The van der Waals surface area contributed by atoms with E-state index in [1.54, 1.807) is 7.11 Å². The number of hydrogen-bond acceptors (Lipinski definition) is 3. The highest BCUT2D eigenvalue weighted by molar-refractivity contribution is 5.63. The lowest BCUT2D eigenvalue weighted by molar-refractivity contribution is 0.413. The van der Waals surface area contributed by atoms with E-state index >= 15 is 0 Å². The molecule has 1 heterocycles. The maximum Gasteiger partial charge on any atom is 0.142 e. The molecule has 3 heteroatoms. The number of ether oxygens (including phenoxy) is 1. The average Bonchev–Trinajstić information content (AvgIpc) is 2.27. The Labute approximate surface area is 84.3 Å². The van der Waals surface area contributed by atoms with Gasteiger partial charge in [-0.25, -0.2) is 0 Å². The Balaban J connectivity index is 2.30. The molecule has 0 saturated carbocycles. The van der Waals surface area contributed by atoms with Crippen LogP contribution in [0.4, 0.5) is 5.69 Å². The van der Waals surface area contributed by atoms with Crippen LogP contribution in [-0.4, -0.2) is 20.2 Å². The van der Waals surface area contributed by atoms with Crippen LogP contribution in [0.5, 0.6) is 5.75 Å². The summed E-state index contributed by atoms with van der Waals surface area (Å²) in [4.78, 5) is 0. The Morgan fingerprint density at radius 3 is 3.14 bits per heavy atom. The van der Waals surface area contributed by atoms with Crippen molar-refractivity contribution in [1.29, 1.82) is 0 Å². The number of benzene rings is 1. The first-order chi connectivity index (χ1) is 6.85. The molecule has 1 aromatic rings. The van der Waals surface area contributed by atoms with E-state index in [0.717, 1.165) is 30.9 Å².